The molecule has 1 atom stereocenters. The van der Waals surface area contributed by atoms with Gasteiger partial charge in [-0.05, 0) is 45.7 Å². The Morgan fingerprint density at radius 1 is 1.39 bits per heavy atom. The van der Waals surface area contributed by atoms with E-state index in [0.717, 1.165) is 5.56 Å². The number of rotatable bonds is 5. The molecule has 1 heterocycles. The third-order valence-electron chi connectivity index (χ3n) is 2.49. The molecule has 0 aliphatic rings. The first-order valence-corrected chi connectivity index (χ1v) is 7.14. The SMILES string of the molecule is C=C(C)OC(=O)[C@@H](N)Cc1ccc(NC(=O)OC(C)(C)C)nc1. The largest absolute Gasteiger partial charge is 0.444 e. The van der Waals surface area contributed by atoms with Crippen molar-refractivity contribution in [2.45, 2.75) is 45.8 Å². The number of carbonyl (C=O) groups is 2. The predicted molar refractivity (Wildman–Crippen MR) is 86.7 cm³/mol. The first-order valence-electron chi connectivity index (χ1n) is 7.14. The summed E-state index contributed by atoms with van der Waals surface area (Å²) in [6, 6.07) is 2.52. The average molecular weight is 321 g/mol. The Hall–Kier alpha value is -2.41. The Morgan fingerprint density at radius 2 is 2.04 bits per heavy atom. The van der Waals surface area contributed by atoms with Gasteiger partial charge < -0.3 is 15.2 Å². The maximum Gasteiger partial charge on any atom is 0.413 e. The number of amides is 1. The zero-order chi connectivity index (χ0) is 17.6. The smallest absolute Gasteiger partial charge is 0.413 e. The van der Waals surface area contributed by atoms with E-state index in [4.69, 9.17) is 15.2 Å². The lowest BCUT2D eigenvalue weighted by Crippen LogP contribution is -2.34. The lowest BCUT2D eigenvalue weighted by Gasteiger charge is -2.19. The van der Waals surface area contributed by atoms with E-state index in [1.807, 2.05) is 0 Å². The van der Waals surface area contributed by atoms with E-state index in [1.165, 1.54) is 6.20 Å². The van der Waals surface area contributed by atoms with E-state index in [0.29, 0.717) is 11.6 Å². The number of aromatic nitrogens is 1. The fourth-order valence-electron chi connectivity index (χ4n) is 1.61. The van der Waals surface area contributed by atoms with Gasteiger partial charge >= 0.3 is 12.1 Å². The Balaban J connectivity index is 2.58. The minimum absolute atomic E-state index is 0.270. The van der Waals surface area contributed by atoms with Crippen molar-refractivity contribution in [1.82, 2.24) is 4.98 Å². The predicted octanol–water partition coefficient (Wildman–Crippen LogP) is 2.38. The second-order valence-electron chi connectivity index (χ2n) is 6.11. The molecule has 0 aliphatic carbocycles. The number of nitrogens with one attached hydrogen (secondary N) is 1. The first kappa shape index (κ1) is 18.6. The lowest BCUT2D eigenvalue weighted by molar-refractivity contribution is -0.140. The van der Waals surface area contributed by atoms with E-state index < -0.39 is 23.7 Å². The molecule has 0 spiro atoms. The van der Waals surface area contributed by atoms with Crippen LogP contribution in [0.5, 0.6) is 0 Å². The van der Waals surface area contributed by atoms with Crippen LogP contribution < -0.4 is 11.1 Å². The molecule has 1 rings (SSSR count). The van der Waals surface area contributed by atoms with Crippen LogP contribution in [-0.4, -0.2) is 28.7 Å². The van der Waals surface area contributed by atoms with Crippen LogP contribution in [0, 0.1) is 0 Å². The van der Waals surface area contributed by atoms with Crippen molar-refractivity contribution in [3.05, 3.63) is 36.2 Å². The van der Waals surface area contributed by atoms with Crippen LogP contribution >= 0.6 is 0 Å². The van der Waals surface area contributed by atoms with Crippen LogP contribution in [0.3, 0.4) is 0 Å². The van der Waals surface area contributed by atoms with Crippen LogP contribution in [0.4, 0.5) is 10.6 Å². The number of pyridine rings is 1. The number of carbonyl (C=O) groups excluding carboxylic acids is 2. The molecule has 1 amide bonds. The van der Waals surface area contributed by atoms with E-state index in [9.17, 15) is 9.59 Å². The summed E-state index contributed by atoms with van der Waals surface area (Å²) in [6.07, 6.45) is 1.21. The third-order valence-corrected chi connectivity index (χ3v) is 2.49. The topological polar surface area (TPSA) is 104 Å². The van der Waals surface area contributed by atoms with Crippen molar-refractivity contribution < 1.29 is 19.1 Å². The van der Waals surface area contributed by atoms with E-state index in [1.54, 1.807) is 39.8 Å². The van der Waals surface area contributed by atoms with Gasteiger partial charge in [-0.2, -0.15) is 0 Å². The number of nitrogens with zero attached hydrogens (tertiary/aromatic N) is 1. The van der Waals surface area contributed by atoms with Crippen molar-refractivity contribution >= 4 is 17.9 Å². The zero-order valence-electron chi connectivity index (χ0n) is 13.9. The summed E-state index contributed by atoms with van der Waals surface area (Å²) in [7, 11) is 0. The highest BCUT2D eigenvalue weighted by Crippen LogP contribution is 2.11. The third kappa shape index (κ3) is 7.42. The Kier molecular flexibility index (Phi) is 6.27. The quantitative estimate of drug-likeness (QED) is 0.637. The molecule has 126 valence electrons. The molecule has 0 radical (unpaired) electrons. The van der Waals surface area contributed by atoms with Crippen LogP contribution in [0.25, 0.3) is 0 Å². The van der Waals surface area contributed by atoms with Gasteiger partial charge in [0.1, 0.15) is 17.5 Å². The number of allylic oxidation sites excluding steroid dienone is 1. The van der Waals surface area contributed by atoms with Crippen LogP contribution in [-0.2, 0) is 20.7 Å². The maximum absolute atomic E-state index is 11.6. The summed E-state index contributed by atoms with van der Waals surface area (Å²) in [5, 5.41) is 2.52. The minimum atomic E-state index is -0.807. The van der Waals surface area contributed by atoms with Crippen molar-refractivity contribution in [1.29, 1.82) is 0 Å². The lowest BCUT2D eigenvalue weighted by atomic mass is 10.1. The highest BCUT2D eigenvalue weighted by Gasteiger charge is 2.18. The number of ether oxygens (including phenoxy) is 2. The molecule has 3 N–H and O–H groups in total. The van der Waals surface area contributed by atoms with Crippen molar-refractivity contribution in [2.24, 2.45) is 5.73 Å². The summed E-state index contributed by atoms with van der Waals surface area (Å²) >= 11 is 0. The number of nitrogens with two attached hydrogens (primary N) is 1. The van der Waals surface area contributed by atoms with Gasteiger partial charge in [-0.25, -0.2) is 14.6 Å². The first-order chi connectivity index (χ1) is 10.6. The monoisotopic (exact) mass is 321 g/mol. The van der Waals surface area contributed by atoms with Gasteiger partial charge in [0.15, 0.2) is 0 Å². The zero-order valence-corrected chi connectivity index (χ0v) is 13.9. The van der Waals surface area contributed by atoms with Crippen LogP contribution in [0.15, 0.2) is 30.7 Å². The molecule has 0 bridgehead atoms. The number of anilines is 1. The van der Waals surface area contributed by atoms with Crippen LogP contribution in [0.2, 0.25) is 0 Å². The molecule has 23 heavy (non-hydrogen) atoms. The molecule has 1 aromatic rings. The Labute approximate surface area is 135 Å². The molecule has 1 aromatic heterocycles. The Morgan fingerprint density at radius 3 is 2.52 bits per heavy atom. The van der Waals surface area contributed by atoms with E-state index >= 15 is 0 Å². The van der Waals surface area contributed by atoms with Crippen molar-refractivity contribution in [3.63, 3.8) is 0 Å². The minimum Gasteiger partial charge on any atom is -0.444 e. The molecule has 7 heteroatoms. The fourth-order valence-corrected chi connectivity index (χ4v) is 1.61. The molecule has 7 nitrogen and oxygen atoms in total. The number of esters is 1. The summed E-state index contributed by atoms with van der Waals surface area (Å²) in [4.78, 5) is 27.3. The molecular formula is C16H23N3O4. The van der Waals surface area contributed by atoms with Crippen LogP contribution in [0.1, 0.15) is 33.3 Å². The fraction of sp³-hybridized carbons (Fsp3) is 0.438. The maximum atomic E-state index is 11.6. The van der Waals surface area contributed by atoms with E-state index in [2.05, 4.69) is 16.9 Å². The molecule has 0 fully saturated rings. The summed E-state index contributed by atoms with van der Waals surface area (Å²) in [5.41, 5.74) is 5.91. The van der Waals surface area contributed by atoms with Crippen molar-refractivity contribution in [2.75, 3.05) is 5.32 Å². The highest BCUT2D eigenvalue weighted by molar-refractivity contribution is 5.83. The van der Waals surface area contributed by atoms with E-state index in [-0.39, 0.29) is 6.42 Å². The van der Waals surface area contributed by atoms with Gasteiger partial charge in [0.2, 0.25) is 0 Å². The normalized spacial score (nSPS) is 12.2. The van der Waals surface area contributed by atoms with Gasteiger partial charge in [0.25, 0.3) is 0 Å². The molecule has 0 aromatic carbocycles. The number of hydrogen-bond donors (Lipinski definition) is 2. The van der Waals surface area contributed by atoms with Gasteiger partial charge in [-0.1, -0.05) is 12.6 Å². The van der Waals surface area contributed by atoms with Gasteiger partial charge in [0, 0.05) is 6.20 Å². The summed E-state index contributed by atoms with van der Waals surface area (Å²) in [5.74, 6) is 0.0926. The highest BCUT2D eigenvalue weighted by atomic mass is 16.6. The molecule has 0 unspecified atom stereocenters. The standard InChI is InChI=1S/C16H23N3O4/c1-10(2)22-14(20)12(17)8-11-6-7-13(18-9-11)19-15(21)23-16(3,4)5/h6-7,9,12H,1,8,17H2,2-5H3,(H,18,19,21)/t12-/m0/s1. The molecular weight excluding hydrogens is 298 g/mol. The summed E-state index contributed by atoms with van der Waals surface area (Å²) < 4.78 is 9.98. The molecule has 0 saturated carbocycles. The molecule has 0 saturated heterocycles. The van der Waals surface area contributed by atoms with Gasteiger partial charge in [-0.15, -0.1) is 0 Å². The second kappa shape index (κ2) is 7.73. The van der Waals surface area contributed by atoms with Crippen molar-refractivity contribution in [3.8, 4) is 0 Å². The van der Waals surface area contributed by atoms with Gasteiger partial charge in [-0.3, -0.25) is 5.32 Å². The summed E-state index contributed by atoms with van der Waals surface area (Å²) in [6.45, 7) is 10.4. The Bertz CT molecular complexity index is 576. The van der Waals surface area contributed by atoms with Gasteiger partial charge in [0.05, 0.1) is 5.76 Å². The second-order valence-corrected chi connectivity index (χ2v) is 6.11. The average Bonchev–Trinajstić information content (AvgIpc) is 2.37. The number of hydrogen-bond acceptors (Lipinski definition) is 6. The molecule has 0 aliphatic heterocycles.